The van der Waals surface area contributed by atoms with Crippen LogP contribution in [0.2, 0.25) is 0 Å². The molecular formula is C22H37N5O. The minimum Gasteiger partial charge on any atom is -0.373 e. The highest BCUT2D eigenvalue weighted by Gasteiger charge is 2.29. The van der Waals surface area contributed by atoms with Crippen molar-refractivity contribution in [3.05, 3.63) is 35.9 Å². The van der Waals surface area contributed by atoms with Crippen molar-refractivity contribution in [3.8, 4) is 0 Å². The van der Waals surface area contributed by atoms with E-state index in [2.05, 4.69) is 69.7 Å². The standard InChI is InChI=1S/C22H37N5O/c1-22(11-7-16-28-22)18-25-21(23-2)24-12-8-13-27-15-14-26(3)17-20(27)19-9-5-4-6-10-19/h4-6,9-10,20H,7-8,11-18H2,1-3H3,(H2,23,24,25). The molecule has 2 unspecified atom stereocenters. The van der Waals surface area contributed by atoms with Gasteiger partial charge >= 0.3 is 0 Å². The van der Waals surface area contributed by atoms with Crippen LogP contribution in [0.1, 0.15) is 37.8 Å². The summed E-state index contributed by atoms with van der Waals surface area (Å²) in [6.45, 7) is 9.23. The summed E-state index contributed by atoms with van der Waals surface area (Å²) >= 11 is 0. The fourth-order valence-corrected chi connectivity index (χ4v) is 4.17. The molecule has 1 aromatic carbocycles. The Hall–Kier alpha value is -1.63. The number of likely N-dealkylation sites (N-methyl/N-ethyl adjacent to an activating group) is 1. The van der Waals surface area contributed by atoms with Gasteiger partial charge in [0.1, 0.15) is 0 Å². The molecule has 3 rings (SSSR count). The van der Waals surface area contributed by atoms with E-state index in [1.165, 1.54) is 5.56 Å². The monoisotopic (exact) mass is 387 g/mol. The molecule has 2 N–H and O–H groups in total. The fraction of sp³-hybridized carbons (Fsp3) is 0.682. The van der Waals surface area contributed by atoms with Crippen molar-refractivity contribution >= 4 is 5.96 Å². The Bertz CT molecular complexity index is 615. The Balaban J connectivity index is 1.42. The summed E-state index contributed by atoms with van der Waals surface area (Å²) in [6.07, 6.45) is 3.36. The van der Waals surface area contributed by atoms with Crippen molar-refractivity contribution in [2.75, 3.05) is 60.0 Å². The Kier molecular flexibility index (Phi) is 7.71. The Morgan fingerprint density at radius 1 is 1.25 bits per heavy atom. The lowest BCUT2D eigenvalue weighted by Crippen LogP contribution is -2.48. The molecule has 6 heteroatoms. The number of guanidine groups is 1. The largest absolute Gasteiger partial charge is 0.373 e. The summed E-state index contributed by atoms with van der Waals surface area (Å²) in [4.78, 5) is 9.42. The number of piperazine rings is 1. The maximum absolute atomic E-state index is 5.85. The summed E-state index contributed by atoms with van der Waals surface area (Å²) < 4.78 is 5.85. The van der Waals surface area contributed by atoms with Gasteiger partial charge in [-0.15, -0.1) is 0 Å². The molecule has 2 aliphatic rings. The molecule has 0 spiro atoms. The first kappa shape index (κ1) is 21.1. The third-order valence-electron chi connectivity index (χ3n) is 5.95. The van der Waals surface area contributed by atoms with E-state index in [1.54, 1.807) is 0 Å². The normalized spacial score (nSPS) is 27.1. The van der Waals surface area contributed by atoms with Crippen molar-refractivity contribution < 1.29 is 4.74 Å². The van der Waals surface area contributed by atoms with Gasteiger partial charge in [0.25, 0.3) is 0 Å². The lowest BCUT2D eigenvalue weighted by Gasteiger charge is -2.40. The van der Waals surface area contributed by atoms with Gasteiger partial charge in [-0.1, -0.05) is 30.3 Å². The summed E-state index contributed by atoms with van der Waals surface area (Å²) in [6, 6.07) is 11.4. The third-order valence-corrected chi connectivity index (χ3v) is 5.95. The van der Waals surface area contributed by atoms with E-state index in [0.717, 1.165) is 71.1 Å². The molecule has 6 nitrogen and oxygen atoms in total. The second-order valence-corrected chi connectivity index (χ2v) is 8.33. The number of benzene rings is 1. The zero-order valence-electron chi connectivity index (χ0n) is 17.8. The molecule has 2 heterocycles. The fourth-order valence-electron chi connectivity index (χ4n) is 4.17. The molecule has 0 aromatic heterocycles. The van der Waals surface area contributed by atoms with Crippen LogP contribution >= 0.6 is 0 Å². The highest BCUT2D eigenvalue weighted by Crippen LogP contribution is 2.25. The van der Waals surface area contributed by atoms with E-state index in [-0.39, 0.29) is 5.60 Å². The van der Waals surface area contributed by atoms with E-state index >= 15 is 0 Å². The Morgan fingerprint density at radius 2 is 2.07 bits per heavy atom. The van der Waals surface area contributed by atoms with Crippen LogP contribution < -0.4 is 10.6 Å². The topological polar surface area (TPSA) is 52.1 Å². The molecule has 28 heavy (non-hydrogen) atoms. The van der Waals surface area contributed by atoms with Gasteiger partial charge in [-0.05, 0) is 38.8 Å². The molecule has 0 amide bonds. The maximum Gasteiger partial charge on any atom is 0.191 e. The van der Waals surface area contributed by atoms with E-state index in [4.69, 9.17) is 4.74 Å². The molecular weight excluding hydrogens is 350 g/mol. The summed E-state index contributed by atoms with van der Waals surface area (Å²) in [5.41, 5.74) is 1.37. The van der Waals surface area contributed by atoms with Gasteiger partial charge in [0, 0.05) is 59.0 Å². The van der Waals surface area contributed by atoms with Crippen molar-refractivity contribution in [1.29, 1.82) is 0 Å². The minimum atomic E-state index is -0.0552. The van der Waals surface area contributed by atoms with Crippen LogP contribution in [-0.2, 0) is 4.74 Å². The zero-order valence-corrected chi connectivity index (χ0v) is 17.8. The average molecular weight is 388 g/mol. The van der Waals surface area contributed by atoms with Crippen LogP contribution in [0.4, 0.5) is 0 Å². The zero-order chi connectivity index (χ0) is 19.8. The number of ether oxygens (including phenoxy) is 1. The van der Waals surface area contributed by atoms with Gasteiger partial charge in [-0.3, -0.25) is 9.89 Å². The molecule has 156 valence electrons. The molecule has 2 saturated heterocycles. The Labute approximate surface area is 170 Å². The molecule has 2 aliphatic heterocycles. The molecule has 0 saturated carbocycles. The van der Waals surface area contributed by atoms with Gasteiger partial charge in [0.2, 0.25) is 0 Å². The molecule has 0 radical (unpaired) electrons. The van der Waals surface area contributed by atoms with Crippen molar-refractivity contribution in [2.45, 2.75) is 37.8 Å². The second kappa shape index (κ2) is 10.2. The summed E-state index contributed by atoms with van der Waals surface area (Å²) in [5.74, 6) is 0.870. The van der Waals surface area contributed by atoms with Gasteiger partial charge < -0.3 is 20.3 Å². The van der Waals surface area contributed by atoms with Gasteiger partial charge in [0.05, 0.1) is 5.60 Å². The first-order valence-corrected chi connectivity index (χ1v) is 10.7. The van der Waals surface area contributed by atoms with E-state index in [0.29, 0.717) is 6.04 Å². The van der Waals surface area contributed by atoms with E-state index in [1.807, 2.05) is 7.05 Å². The first-order valence-electron chi connectivity index (χ1n) is 10.7. The Morgan fingerprint density at radius 3 is 2.79 bits per heavy atom. The van der Waals surface area contributed by atoms with E-state index in [9.17, 15) is 0 Å². The van der Waals surface area contributed by atoms with Gasteiger partial charge in [0.15, 0.2) is 5.96 Å². The van der Waals surface area contributed by atoms with E-state index < -0.39 is 0 Å². The number of aliphatic imine (C=N–C) groups is 1. The molecule has 2 atom stereocenters. The molecule has 2 fully saturated rings. The van der Waals surface area contributed by atoms with Crippen LogP contribution in [0, 0.1) is 0 Å². The number of hydrogen-bond acceptors (Lipinski definition) is 4. The van der Waals surface area contributed by atoms with Crippen molar-refractivity contribution in [1.82, 2.24) is 20.4 Å². The predicted molar refractivity (Wildman–Crippen MR) is 116 cm³/mol. The lowest BCUT2D eigenvalue weighted by molar-refractivity contribution is 0.0243. The first-order chi connectivity index (χ1) is 13.6. The lowest BCUT2D eigenvalue weighted by atomic mass is 10.0. The predicted octanol–water partition coefficient (Wildman–Crippen LogP) is 2.10. The van der Waals surface area contributed by atoms with Crippen molar-refractivity contribution in [3.63, 3.8) is 0 Å². The number of nitrogens with zero attached hydrogens (tertiary/aromatic N) is 3. The number of nitrogens with one attached hydrogen (secondary N) is 2. The molecule has 0 bridgehead atoms. The van der Waals surface area contributed by atoms with Gasteiger partial charge in [-0.2, -0.15) is 0 Å². The van der Waals surface area contributed by atoms with Crippen LogP contribution in [-0.4, -0.2) is 81.3 Å². The van der Waals surface area contributed by atoms with Crippen LogP contribution in [0.15, 0.2) is 35.3 Å². The smallest absolute Gasteiger partial charge is 0.191 e. The minimum absolute atomic E-state index is 0.0552. The number of hydrogen-bond donors (Lipinski definition) is 2. The maximum atomic E-state index is 5.85. The second-order valence-electron chi connectivity index (χ2n) is 8.33. The highest BCUT2D eigenvalue weighted by atomic mass is 16.5. The van der Waals surface area contributed by atoms with Crippen LogP contribution in [0.5, 0.6) is 0 Å². The van der Waals surface area contributed by atoms with Crippen molar-refractivity contribution in [2.24, 2.45) is 4.99 Å². The number of rotatable bonds is 7. The quantitative estimate of drug-likeness (QED) is 0.426. The van der Waals surface area contributed by atoms with Crippen LogP contribution in [0.25, 0.3) is 0 Å². The third kappa shape index (κ3) is 5.93. The molecule has 0 aliphatic carbocycles. The average Bonchev–Trinajstić information content (AvgIpc) is 3.15. The van der Waals surface area contributed by atoms with Crippen LogP contribution in [0.3, 0.4) is 0 Å². The highest BCUT2D eigenvalue weighted by molar-refractivity contribution is 5.79. The molecule has 1 aromatic rings. The summed E-state index contributed by atoms with van der Waals surface area (Å²) in [7, 11) is 4.05. The SMILES string of the molecule is CN=C(NCCCN1CCN(C)CC1c1ccccc1)NCC1(C)CCCO1. The summed E-state index contributed by atoms with van der Waals surface area (Å²) in [5, 5.41) is 6.88. The van der Waals surface area contributed by atoms with Gasteiger partial charge in [-0.25, -0.2) is 0 Å².